The number of carbonyl (C=O) groups excluding carboxylic acids is 1. The SMILES string of the molecule is Cc1ocnc1C(=O)NC1(C(=O)O)CCSC1. The second-order valence-corrected chi connectivity index (χ2v) is 5.01. The van der Waals surface area contributed by atoms with E-state index in [0.29, 0.717) is 17.9 Å². The van der Waals surface area contributed by atoms with E-state index in [0.717, 1.165) is 5.75 Å². The van der Waals surface area contributed by atoms with Crippen molar-refractivity contribution in [3.63, 3.8) is 0 Å². The van der Waals surface area contributed by atoms with E-state index in [1.807, 2.05) is 0 Å². The monoisotopic (exact) mass is 256 g/mol. The molecule has 1 fully saturated rings. The number of rotatable bonds is 3. The fraction of sp³-hybridized carbons (Fsp3) is 0.500. The average Bonchev–Trinajstić information content (AvgIpc) is 2.87. The molecule has 1 amide bonds. The molecule has 1 unspecified atom stereocenters. The maximum absolute atomic E-state index is 11.9. The van der Waals surface area contributed by atoms with Crippen molar-refractivity contribution in [2.75, 3.05) is 11.5 Å². The van der Waals surface area contributed by atoms with Gasteiger partial charge in [0.2, 0.25) is 0 Å². The number of hydrogen-bond donors (Lipinski definition) is 2. The molecule has 2 N–H and O–H groups in total. The number of oxazole rings is 1. The molecule has 7 heteroatoms. The third-order valence-corrected chi connectivity index (χ3v) is 3.93. The molecule has 2 rings (SSSR count). The molecule has 6 nitrogen and oxygen atoms in total. The van der Waals surface area contributed by atoms with Gasteiger partial charge in [-0.05, 0) is 19.1 Å². The molecule has 1 saturated heterocycles. The predicted octanol–water partition coefficient (Wildman–Crippen LogP) is 0.673. The number of aryl methyl sites for hydroxylation is 1. The minimum Gasteiger partial charge on any atom is -0.479 e. The summed E-state index contributed by atoms with van der Waals surface area (Å²) >= 11 is 1.51. The summed E-state index contributed by atoms with van der Waals surface area (Å²) in [6.07, 6.45) is 1.59. The highest BCUT2D eigenvalue weighted by atomic mass is 32.2. The van der Waals surface area contributed by atoms with Crippen molar-refractivity contribution in [2.24, 2.45) is 0 Å². The van der Waals surface area contributed by atoms with E-state index in [-0.39, 0.29) is 5.69 Å². The van der Waals surface area contributed by atoms with Gasteiger partial charge in [0, 0.05) is 5.75 Å². The average molecular weight is 256 g/mol. The lowest BCUT2D eigenvalue weighted by atomic mass is 9.99. The van der Waals surface area contributed by atoms with Crippen molar-refractivity contribution in [3.05, 3.63) is 17.8 Å². The number of hydrogen-bond acceptors (Lipinski definition) is 5. The van der Waals surface area contributed by atoms with Crippen molar-refractivity contribution in [2.45, 2.75) is 18.9 Å². The Morgan fingerprint density at radius 2 is 2.41 bits per heavy atom. The number of carboxylic acid groups (broad SMARTS) is 1. The summed E-state index contributed by atoms with van der Waals surface area (Å²) in [7, 11) is 0. The van der Waals surface area contributed by atoms with Gasteiger partial charge in [-0.25, -0.2) is 9.78 Å². The van der Waals surface area contributed by atoms with Gasteiger partial charge in [-0.2, -0.15) is 11.8 Å². The Labute approximate surface area is 102 Å². The number of amides is 1. The molecule has 0 saturated carbocycles. The third kappa shape index (κ3) is 2.14. The molecule has 1 aromatic heterocycles. The van der Waals surface area contributed by atoms with Crippen molar-refractivity contribution < 1.29 is 19.1 Å². The Kier molecular flexibility index (Phi) is 3.10. The van der Waals surface area contributed by atoms with E-state index in [9.17, 15) is 14.7 Å². The molecule has 0 aliphatic carbocycles. The van der Waals surface area contributed by atoms with E-state index in [2.05, 4.69) is 10.3 Å². The Hall–Kier alpha value is -1.50. The largest absolute Gasteiger partial charge is 0.479 e. The molecule has 0 aromatic carbocycles. The van der Waals surface area contributed by atoms with E-state index in [4.69, 9.17) is 4.42 Å². The molecule has 0 spiro atoms. The number of nitrogens with zero attached hydrogens (tertiary/aromatic N) is 1. The van der Waals surface area contributed by atoms with Crippen LogP contribution in [0.1, 0.15) is 22.7 Å². The van der Waals surface area contributed by atoms with Crippen LogP contribution in [0.4, 0.5) is 0 Å². The zero-order chi connectivity index (χ0) is 12.5. The molecule has 2 heterocycles. The summed E-state index contributed by atoms with van der Waals surface area (Å²) < 4.78 is 4.92. The predicted molar refractivity (Wildman–Crippen MR) is 61.0 cm³/mol. The first-order chi connectivity index (χ1) is 8.05. The number of carbonyl (C=O) groups is 2. The topological polar surface area (TPSA) is 92.4 Å². The fourth-order valence-electron chi connectivity index (χ4n) is 1.69. The lowest BCUT2D eigenvalue weighted by Gasteiger charge is -2.23. The van der Waals surface area contributed by atoms with Crippen LogP contribution in [-0.2, 0) is 4.79 Å². The van der Waals surface area contributed by atoms with Crippen LogP contribution in [0.2, 0.25) is 0 Å². The van der Waals surface area contributed by atoms with E-state index < -0.39 is 17.4 Å². The number of aromatic nitrogens is 1. The van der Waals surface area contributed by atoms with Gasteiger partial charge in [-0.3, -0.25) is 4.79 Å². The van der Waals surface area contributed by atoms with Gasteiger partial charge in [-0.1, -0.05) is 0 Å². The molecule has 1 aromatic rings. The van der Waals surface area contributed by atoms with Gasteiger partial charge in [0.15, 0.2) is 12.1 Å². The van der Waals surface area contributed by atoms with Crippen LogP contribution in [-0.4, -0.2) is 39.0 Å². The first-order valence-electron chi connectivity index (χ1n) is 5.09. The Bertz CT molecular complexity index is 451. The Balaban J connectivity index is 2.17. The number of aliphatic carboxylic acids is 1. The zero-order valence-corrected chi connectivity index (χ0v) is 10.0. The van der Waals surface area contributed by atoms with Crippen LogP contribution in [0.5, 0.6) is 0 Å². The van der Waals surface area contributed by atoms with Crippen molar-refractivity contribution in [3.8, 4) is 0 Å². The normalized spacial score (nSPS) is 23.6. The fourth-order valence-corrected chi connectivity index (χ4v) is 3.01. The number of thioether (sulfide) groups is 1. The molecule has 92 valence electrons. The second-order valence-electron chi connectivity index (χ2n) is 3.90. The van der Waals surface area contributed by atoms with Gasteiger partial charge < -0.3 is 14.8 Å². The summed E-state index contributed by atoms with van der Waals surface area (Å²) in [5.74, 6) is -0.0122. The van der Waals surface area contributed by atoms with Crippen molar-refractivity contribution in [1.29, 1.82) is 0 Å². The summed E-state index contributed by atoms with van der Waals surface area (Å²) in [6.45, 7) is 1.61. The first kappa shape index (κ1) is 12.0. The lowest BCUT2D eigenvalue weighted by Crippen LogP contribution is -2.54. The van der Waals surface area contributed by atoms with Crippen LogP contribution in [0.25, 0.3) is 0 Å². The standard InChI is InChI=1S/C10H12N2O4S/c1-6-7(11-5-16-6)8(13)12-10(9(14)15)2-3-17-4-10/h5H,2-4H2,1H3,(H,12,13)(H,14,15). The molecule has 17 heavy (non-hydrogen) atoms. The van der Waals surface area contributed by atoms with E-state index >= 15 is 0 Å². The molecule has 1 atom stereocenters. The lowest BCUT2D eigenvalue weighted by molar-refractivity contribution is -0.143. The molecule has 0 radical (unpaired) electrons. The van der Waals surface area contributed by atoms with Crippen LogP contribution < -0.4 is 5.32 Å². The van der Waals surface area contributed by atoms with Gasteiger partial charge in [0.25, 0.3) is 5.91 Å². The summed E-state index contributed by atoms with van der Waals surface area (Å²) in [5, 5.41) is 11.8. The molecular weight excluding hydrogens is 244 g/mol. The summed E-state index contributed by atoms with van der Waals surface area (Å²) in [6, 6.07) is 0. The molecule has 1 aliphatic heterocycles. The van der Waals surface area contributed by atoms with Crippen LogP contribution >= 0.6 is 11.8 Å². The van der Waals surface area contributed by atoms with Crippen LogP contribution in [0, 0.1) is 6.92 Å². The maximum atomic E-state index is 11.9. The van der Waals surface area contributed by atoms with Crippen LogP contribution in [0.15, 0.2) is 10.8 Å². The quantitative estimate of drug-likeness (QED) is 0.826. The molecular formula is C10H12N2O4S. The Morgan fingerprint density at radius 3 is 2.88 bits per heavy atom. The second kappa shape index (κ2) is 4.40. The molecule has 1 aliphatic rings. The highest BCUT2D eigenvalue weighted by Crippen LogP contribution is 2.28. The van der Waals surface area contributed by atoms with Gasteiger partial charge in [-0.15, -0.1) is 0 Å². The van der Waals surface area contributed by atoms with Gasteiger partial charge in [0.1, 0.15) is 11.3 Å². The highest BCUT2D eigenvalue weighted by Gasteiger charge is 2.43. The zero-order valence-electron chi connectivity index (χ0n) is 9.23. The first-order valence-corrected chi connectivity index (χ1v) is 6.24. The summed E-state index contributed by atoms with van der Waals surface area (Å²) in [5.41, 5.74) is -1.03. The molecule has 0 bridgehead atoms. The minimum absolute atomic E-state index is 0.141. The number of nitrogens with one attached hydrogen (secondary N) is 1. The van der Waals surface area contributed by atoms with Gasteiger partial charge in [0.05, 0.1) is 0 Å². The third-order valence-electron chi connectivity index (χ3n) is 2.74. The minimum atomic E-state index is -1.17. The van der Waals surface area contributed by atoms with Crippen molar-refractivity contribution in [1.82, 2.24) is 10.3 Å². The van der Waals surface area contributed by atoms with Crippen LogP contribution in [0.3, 0.4) is 0 Å². The van der Waals surface area contributed by atoms with Gasteiger partial charge >= 0.3 is 5.97 Å². The smallest absolute Gasteiger partial charge is 0.330 e. The van der Waals surface area contributed by atoms with E-state index in [1.54, 1.807) is 6.92 Å². The number of carboxylic acids is 1. The maximum Gasteiger partial charge on any atom is 0.330 e. The van der Waals surface area contributed by atoms with Crippen molar-refractivity contribution >= 4 is 23.6 Å². The Morgan fingerprint density at radius 1 is 1.65 bits per heavy atom. The summed E-state index contributed by atoms with van der Waals surface area (Å²) in [4.78, 5) is 26.9. The van der Waals surface area contributed by atoms with E-state index in [1.165, 1.54) is 18.2 Å². The highest BCUT2D eigenvalue weighted by molar-refractivity contribution is 7.99.